The van der Waals surface area contributed by atoms with Crippen LogP contribution in [0.15, 0.2) is 12.1 Å². The maximum absolute atomic E-state index is 13.7. The number of anilines is 1. The van der Waals surface area contributed by atoms with Crippen molar-refractivity contribution < 1.29 is 8.78 Å². The normalized spacial score (nSPS) is 22.8. The Hall–Kier alpha value is -1.67. The van der Waals surface area contributed by atoms with Gasteiger partial charge in [0.15, 0.2) is 11.6 Å². The molecule has 102 valence electrons. The molecule has 1 aliphatic rings. The second-order valence-corrected chi connectivity index (χ2v) is 4.91. The van der Waals surface area contributed by atoms with Crippen LogP contribution in [0.25, 0.3) is 0 Å². The summed E-state index contributed by atoms with van der Waals surface area (Å²) in [5, 5.41) is 14.8. The van der Waals surface area contributed by atoms with Crippen LogP contribution in [-0.2, 0) is 0 Å². The first-order valence-corrected chi connectivity index (χ1v) is 6.47. The lowest BCUT2D eigenvalue weighted by Gasteiger charge is -2.29. The van der Waals surface area contributed by atoms with Gasteiger partial charge in [-0.1, -0.05) is 0 Å². The van der Waals surface area contributed by atoms with Crippen LogP contribution in [0.5, 0.6) is 0 Å². The highest BCUT2D eigenvalue weighted by Crippen LogP contribution is 2.26. The zero-order valence-corrected chi connectivity index (χ0v) is 10.8. The topological polar surface area (TPSA) is 47.8 Å². The molecule has 3 nitrogen and oxygen atoms in total. The van der Waals surface area contributed by atoms with E-state index < -0.39 is 11.6 Å². The lowest BCUT2D eigenvalue weighted by atomic mass is 9.91. The van der Waals surface area contributed by atoms with Gasteiger partial charge in [0.2, 0.25) is 0 Å². The molecule has 2 rings (SSSR count). The molecular formula is C14H17F2N3. The summed E-state index contributed by atoms with van der Waals surface area (Å²) in [6.07, 6.45) is 3.75. The van der Waals surface area contributed by atoms with E-state index in [2.05, 4.69) is 10.6 Å². The van der Waals surface area contributed by atoms with Crippen molar-refractivity contribution in [3.8, 4) is 6.07 Å². The van der Waals surface area contributed by atoms with E-state index in [1.807, 2.05) is 7.05 Å². The third kappa shape index (κ3) is 3.21. The molecule has 5 heteroatoms. The van der Waals surface area contributed by atoms with Crippen LogP contribution < -0.4 is 10.6 Å². The van der Waals surface area contributed by atoms with Gasteiger partial charge in [-0.2, -0.15) is 5.26 Å². The van der Waals surface area contributed by atoms with Crippen molar-refractivity contribution in [2.24, 2.45) is 0 Å². The van der Waals surface area contributed by atoms with Crippen LogP contribution in [0.1, 0.15) is 31.2 Å². The second kappa shape index (κ2) is 5.98. The van der Waals surface area contributed by atoms with Crippen LogP contribution in [-0.4, -0.2) is 19.1 Å². The zero-order chi connectivity index (χ0) is 13.8. The van der Waals surface area contributed by atoms with Gasteiger partial charge in [0.25, 0.3) is 0 Å². The molecule has 0 aromatic heterocycles. The van der Waals surface area contributed by atoms with E-state index in [4.69, 9.17) is 5.26 Å². The largest absolute Gasteiger partial charge is 0.378 e. The molecule has 0 aliphatic heterocycles. The summed E-state index contributed by atoms with van der Waals surface area (Å²) in [7, 11) is 1.93. The molecule has 19 heavy (non-hydrogen) atoms. The van der Waals surface area contributed by atoms with Crippen molar-refractivity contribution in [2.45, 2.75) is 37.8 Å². The fourth-order valence-electron chi connectivity index (χ4n) is 2.51. The number of benzene rings is 1. The van der Waals surface area contributed by atoms with Crippen molar-refractivity contribution >= 4 is 5.69 Å². The predicted octanol–water partition coefficient (Wildman–Crippen LogP) is 2.78. The summed E-state index contributed by atoms with van der Waals surface area (Å²) < 4.78 is 27.5. The Kier molecular flexibility index (Phi) is 4.33. The first-order valence-electron chi connectivity index (χ1n) is 6.47. The standard InChI is InChI=1S/C14H17F2N3/c1-18-10-2-4-11(5-3-10)19-14-12(15)6-9(8-17)7-13(14)16/h6-7,10-11,18-19H,2-5H2,1H3. The van der Waals surface area contributed by atoms with Crippen molar-refractivity contribution in [2.75, 3.05) is 12.4 Å². The predicted molar refractivity (Wildman–Crippen MR) is 69.8 cm³/mol. The zero-order valence-electron chi connectivity index (χ0n) is 10.8. The number of rotatable bonds is 3. The lowest BCUT2D eigenvalue weighted by molar-refractivity contribution is 0.370. The van der Waals surface area contributed by atoms with Gasteiger partial charge < -0.3 is 10.6 Å². The number of nitriles is 1. The quantitative estimate of drug-likeness (QED) is 0.883. The molecule has 1 aliphatic carbocycles. The summed E-state index contributed by atoms with van der Waals surface area (Å²) >= 11 is 0. The van der Waals surface area contributed by atoms with Crippen LogP contribution in [0, 0.1) is 23.0 Å². The van der Waals surface area contributed by atoms with E-state index in [1.165, 1.54) is 0 Å². The minimum absolute atomic E-state index is 0.000517. The van der Waals surface area contributed by atoms with E-state index in [9.17, 15) is 8.78 Å². The van der Waals surface area contributed by atoms with Gasteiger partial charge in [-0.05, 0) is 44.9 Å². The van der Waals surface area contributed by atoms with Gasteiger partial charge in [-0.25, -0.2) is 8.78 Å². The van der Waals surface area contributed by atoms with Gasteiger partial charge in [0, 0.05) is 12.1 Å². The third-order valence-corrected chi connectivity index (χ3v) is 3.66. The SMILES string of the molecule is CNC1CCC(Nc2c(F)cc(C#N)cc2F)CC1. The highest BCUT2D eigenvalue weighted by atomic mass is 19.1. The summed E-state index contributed by atoms with van der Waals surface area (Å²) in [5.41, 5.74) is -0.119. The summed E-state index contributed by atoms with van der Waals surface area (Å²) in [4.78, 5) is 0. The molecule has 1 fully saturated rings. The lowest BCUT2D eigenvalue weighted by Crippen LogP contribution is -2.35. The highest BCUT2D eigenvalue weighted by molar-refractivity contribution is 5.51. The van der Waals surface area contributed by atoms with E-state index in [0.29, 0.717) is 6.04 Å². The number of hydrogen-bond acceptors (Lipinski definition) is 3. The molecule has 0 atom stereocenters. The van der Waals surface area contributed by atoms with Crippen molar-refractivity contribution in [3.63, 3.8) is 0 Å². The molecule has 0 radical (unpaired) electrons. The highest BCUT2D eigenvalue weighted by Gasteiger charge is 2.22. The molecule has 0 heterocycles. The van der Waals surface area contributed by atoms with Crippen LogP contribution >= 0.6 is 0 Å². The summed E-state index contributed by atoms with van der Waals surface area (Å²) in [6, 6.07) is 4.44. The molecular weight excluding hydrogens is 248 g/mol. The van der Waals surface area contributed by atoms with Crippen molar-refractivity contribution in [1.82, 2.24) is 5.32 Å². The number of hydrogen-bond donors (Lipinski definition) is 2. The van der Waals surface area contributed by atoms with Gasteiger partial charge >= 0.3 is 0 Å². The molecule has 1 aromatic rings. The first kappa shape index (κ1) is 13.8. The smallest absolute Gasteiger partial charge is 0.150 e. The Balaban J connectivity index is 2.06. The monoisotopic (exact) mass is 265 g/mol. The molecule has 2 N–H and O–H groups in total. The van der Waals surface area contributed by atoms with Crippen molar-refractivity contribution in [1.29, 1.82) is 5.26 Å². The Bertz CT molecular complexity index is 465. The van der Waals surface area contributed by atoms with Gasteiger partial charge in [0.05, 0.1) is 11.6 Å². The van der Waals surface area contributed by atoms with Crippen LogP contribution in [0.4, 0.5) is 14.5 Å². The number of halogens is 2. The molecule has 0 spiro atoms. The fourth-order valence-corrected chi connectivity index (χ4v) is 2.51. The average Bonchev–Trinajstić information content (AvgIpc) is 2.43. The van der Waals surface area contributed by atoms with Crippen LogP contribution in [0.3, 0.4) is 0 Å². The first-order chi connectivity index (χ1) is 9.13. The Morgan fingerprint density at radius 1 is 1.11 bits per heavy atom. The number of nitrogens with one attached hydrogen (secondary N) is 2. The van der Waals surface area contributed by atoms with Crippen molar-refractivity contribution in [3.05, 3.63) is 29.3 Å². The Labute approximate surface area is 111 Å². The van der Waals surface area contributed by atoms with E-state index in [1.54, 1.807) is 6.07 Å². The summed E-state index contributed by atoms with van der Waals surface area (Å²) in [5.74, 6) is -1.40. The third-order valence-electron chi connectivity index (χ3n) is 3.66. The molecule has 0 unspecified atom stereocenters. The molecule has 1 aromatic carbocycles. The van der Waals surface area contributed by atoms with Gasteiger partial charge in [-0.3, -0.25) is 0 Å². The Morgan fingerprint density at radius 2 is 1.63 bits per heavy atom. The summed E-state index contributed by atoms with van der Waals surface area (Å²) in [6.45, 7) is 0. The van der Waals surface area contributed by atoms with E-state index in [0.717, 1.165) is 37.8 Å². The minimum Gasteiger partial charge on any atom is -0.378 e. The Morgan fingerprint density at radius 3 is 2.11 bits per heavy atom. The molecule has 0 saturated heterocycles. The minimum atomic E-state index is -0.702. The molecule has 0 amide bonds. The molecule has 0 bridgehead atoms. The van der Waals surface area contributed by atoms with E-state index >= 15 is 0 Å². The van der Waals surface area contributed by atoms with Gasteiger partial charge in [-0.15, -0.1) is 0 Å². The van der Waals surface area contributed by atoms with Crippen LogP contribution in [0.2, 0.25) is 0 Å². The maximum atomic E-state index is 13.7. The van der Waals surface area contributed by atoms with Gasteiger partial charge in [0.1, 0.15) is 5.69 Å². The van der Waals surface area contributed by atoms with E-state index in [-0.39, 0.29) is 17.3 Å². The maximum Gasteiger partial charge on any atom is 0.150 e. The second-order valence-electron chi connectivity index (χ2n) is 4.91. The number of nitrogens with zero attached hydrogens (tertiary/aromatic N) is 1. The average molecular weight is 265 g/mol. The fraction of sp³-hybridized carbons (Fsp3) is 0.500. The molecule has 1 saturated carbocycles.